The van der Waals surface area contributed by atoms with Gasteiger partial charge in [-0.3, -0.25) is 24.5 Å². The van der Waals surface area contributed by atoms with Crippen LogP contribution in [0.1, 0.15) is 0 Å². The molecule has 0 aliphatic heterocycles. The topological polar surface area (TPSA) is 115 Å². The van der Waals surface area contributed by atoms with E-state index in [9.17, 15) is 0 Å². The molecule has 0 aliphatic rings. The minimum absolute atomic E-state index is 0.461. The van der Waals surface area contributed by atoms with Crippen molar-refractivity contribution in [3.63, 3.8) is 0 Å². The van der Waals surface area contributed by atoms with Gasteiger partial charge in [0.1, 0.15) is 0 Å². The van der Waals surface area contributed by atoms with Crippen molar-refractivity contribution in [2.45, 2.75) is 0 Å². The van der Waals surface area contributed by atoms with Crippen LogP contribution in [0.5, 0.6) is 0 Å². The van der Waals surface area contributed by atoms with Crippen LogP contribution < -0.4 is 0 Å². The third-order valence-electron chi connectivity index (χ3n) is 16.7. The van der Waals surface area contributed by atoms with Crippen molar-refractivity contribution in [3.8, 4) is 51.5 Å². The fourth-order valence-electron chi connectivity index (χ4n) is 13.3. The molecule has 0 N–H and O–H groups in total. The quantitative estimate of drug-likeness (QED) is 0.156. The Balaban J connectivity index is 1.16. The zero-order chi connectivity index (χ0) is 54.3. The fourth-order valence-corrected chi connectivity index (χ4v) is 13.3. The molecule has 12 nitrogen and oxygen atoms in total. The summed E-state index contributed by atoms with van der Waals surface area (Å²) >= 11 is 0. The van der Waals surface area contributed by atoms with Crippen molar-refractivity contribution in [1.29, 1.82) is 0 Å². The van der Waals surface area contributed by atoms with E-state index in [0.717, 1.165) is 143 Å². The number of pyridine rings is 4. The molecule has 0 radical (unpaired) electrons. The van der Waals surface area contributed by atoms with E-state index in [1.807, 2.05) is 67.8 Å². The summed E-state index contributed by atoms with van der Waals surface area (Å²) in [6, 6.07) is 72.7. The van der Waals surface area contributed by atoms with E-state index in [2.05, 4.69) is 211 Å². The van der Waals surface area contributed by atoms with E-state index in [0.29, 0.717) is 17.6 Å². The predicted octanol–water partition coefficient (Wildman–Crippen LogP) is 16.3. The summed E-state index contributed by atoms with van der Waals surface area (Å²) in [5.74, 6) is 1.46. The zero-order valence-electron chi connectivity index (χ0n) is 44.1. The monoisotopic (exact) mass is 1060 g/mol. The molecule has 83 heavy (non-hydrogen) atoms. The van der Waals surface area contributed by atoms with E-state index in [1.54, 1.807) is 0 Å². The summed E-state index contributed by atoms with van der Waals surface area (Å²) in [5, 5.41) is 10.5. The normalized spacial score (nSPS) is 12.1. The summed E-state index contributed by atoms with van der Waals surface area (Å²) in [5.41, 5.74) is 14.8. The molecule has 0 aliphatic carbocycles. The van der Waals surface area contributed by atoms with Crippen LogP contribution in [0.25, 0.3) is 161 Å². The summed E-state index contributed by atoms with van der Waals surface area (Å²) in [6.07, 6.45) is 15.5. The van der Waals surface area contributed by atoms with Crippen molar-refractivity contribution in [3.05, 3.63) is 256 Å². The lowest BCUT2D eigenvalue weighted by atomic mass is 10.0. The summed E-state index contributed by atoms with van der Waals surface area (Å²) < 4.78 is 11.9. The molecular formula is C71H42N12. The second-order valence-corrected chi connectivity index (χ2v) is 21.0. The molecule has 0 fully saturated rings. The van der Waals surface area contributed by atoms with Crippen LogP contribution in [-0.4, -0.2) is 57.7 Å². The average Bonchev–Trinajstić information content (AvgIpc) is 2.43. The van der Waals surface area contributed by atoms with Gasteiger partial charge in [0, 0.05) is 109 Å². The number of hydrogen-bond donors (Lipinski definition) is 0. The van der Waals surface area contributed by atoms with Crippen LogP contribution in [0.15, 0.2) is 256 Å². The lowest BCUT2D eigenvalue weighted by Gasteiger charge is -2.27. The Morgan fingerprint density at radius 2 is 0.566 bits per heavy atom. The Kier molecular flexibility index (Phi) is 9.51. The SMILES string of the molecule is c1ccc(-c2nc(-c3c(-n4c5ccccc5c5cnccc54)cc(-n4c5ccccc5c5cnccc54)c(-n4c5ccccc5c5cnccc54)c3-n3c4ccccc4c4cnccc43)nc(-n3c4ccccc4c4ccccc43)n2)cc1. The molecule has 0 saturated carbocycles. The van der Waals surface area contributed by atoms with E-state index >= 15 is 0 Å². The van der Waals surface area contributed by atoms with Crippen molar-refractivity contribution < 1.29 is 0 Å². The number of benzene rings is 8. The number of nitrogens with zero attached hydrogens (tertiary/aromatic N) is 12. The molecule has 0 amide bonds. The maximum Gasteiger partial charge on any atom is 0.238 e. The van der Waals surface area contributed by atoms with Crippen LogP contribution in [-0.2, 0) is 0 Å². The molecule has 386 valence electrons. The molecule has 0 atom stereocenters. The molecule has 0 saturated heterocycles. The van der Waals surface area contributed by atoms with Gasteiger partial charge in [-0.15, -0.1) is 0 Å². The first-order valence-electron chi connectivity index (χ1n) is 27.6. The highest BCUT2D eigenvalue weighted by molar-refractivity contribution is 6.16. The molecule has 0 unspecified atom stereocenters. The van der Waals surface area contributed by atoms with Gasteiger partial charge in [-0.05, 0) is 66.7 Å². The minimum Gasteiger partial charge on any atom is -0.308 e. The van der Waals surface area contributed by atoms with Gasteiger partial charge in [-0.25, -0.2) is 4.98 Å². The van der Waals surface area contributed by atoms with Gasteiger partial charge in [0.05, 0.1) is 83.5 Å². The number of hydrogen-bond acceptors (Lipinski definition) is 7. The van der Waals surface area contributed by atoms with Crippen molar-refractivity contribution in [2.24, 2.45) is 0 Å². The zero-order valence-corrected chi connectivity index (χ0v) is 44.1. The van der Waals surface area contributed by atoms with E-state index in [4.69, 9.17) is 34.9 Å². The first kappa shape index (κ1) is 45.3. The lowest BCUT2D eigenvalue weighted by Crippen LogP contribution is -2.15. The maximum absolute atomic E-state index is 5.93. The molecule has 18 aromatic rings. The van der Waals surface area contributed by atoms with Crippen LogP contribution in [0.3, 0.4) is 0 Å². The molecular weight excluding hydrogens is 1020 g/mol. The van der Waals surface area contributed by atoms with Crippen LogP contribution in [0.4, 0.5) is 0 Å². The Morgan fingerprint density at radius 1 is 0.241 bits per heavy atom. The van der Waals surface area contributed by atoms with Crippen LogP contribution in [0.2, 0.25) is 0 Å². The van der Waals surface area contributed by atoms with Gasteiger partial charge >= 0.3 is 0 Å². The summed E-state index contributed by atoms with van der Waals surface area (Å²) in [6.45, 7) is 0. The van der Waals surface area contributed by atoms with Crippen molar-refractivity contribution >= 4 is 109 Å². The second kappa shape index (κ2) is 17.4. The highest BCUT2D eigenvalue weighted by atomic mass is 15.2. The van der Waals surface area contributed by atoms with Gasteiger partial charge in [0.15, 0.2) is 11.6 Å². The smallest absolute Gasteiger partial charge is 0.238 e. The van der Waals surface area contributed by atoms with Crippen molar-refractivity contribution in [1.82, 2.24) is 57.7 Å². The standard InChI is InChI=1S/C71H42N12/c1-2-16-43(17-3-1)69-76-70(78-71(77-69)83-58-28-14-4-18-44(58)45-19-5-15-29-59(45)83)66-64(79-54-24-10-6-20-46(54)50-39-72-34-30-60(50)79)38-65(80-55-25-11-7-21-47(55)51-40-73-35-31-61(51)80)67(81-56-26-12-8-22-48(56)52-41-74-36-32-62(52)81)68(66)82-57-27-13-9-23-49(57)53-42-75-37-33-63(53)82/h1-42H. The van der Waals surface area contributed by atoms with E-state index < -0.39 is 0 Å². The van der Waals surface area contributed by atoms with Gasteiger partial charge < -0.3 is 18.3 Å². The molecule has 0 bridgehead atoms. The average molecular weight is 1060 g/mol. The van der Waals surface area contributed by atoms with Gasteiger partial charge in [-0.1, -0.05) is 140 Å². The highest BCUT2D eigenvalue weighted by Gasteiger charge is 2.33. The number of aromatic nitrogens is 12. The number of rotatable bonds is 7. The predicted molar refractivity (Wildman–Crippen MR) is 334 cm³/mol. The summed E-state index contributed by atoms with van der Waals surface area (Å²) in [7, 11) is 0. The second-order valence-electron chi connectivity index (χ2n) is 21.0. The Bertz CT molecular complexity index is 5460. The Labute approximate surface area is 471 Å². The summed E-state index contributed by atoms with van der Waals surface area (Å²) in [4.78, 5) is 36.4. The molecule has 10 aromatic heterocycles. The van der Waals surface area contributed by atoms with E-state index in [-0.39, 0.29) is 0 Å². The molecule has 10 heterocycles. The van der Waals surface area contributed by atoms with E-state index in [1.165, 1.54) is 0 Å². The van der Waals surface area contributed by atoms with Crippen LogP contribution >= 0.6 is 0 Å². The Morgan fingerprint density at radius 3 is 1.01 bits per heavy atom. The molecule has 8 aromatic carbocycles. The maximum atomic E-state index is 5.93. The highest BCUT2D eigenvalue weighted by Crippen LogP contribution is 2.50. The van der Waals surface area contributed by atoms with Gasteiger partial charge in [-0.2, -0.15) is 9.97 Å². The lowest BCUT2D eigenvalue weighted by molar-refractivity contribution is 0.947. The minimum atomic E-state index is 0.461. The first-order chi connectivity index (χ1) is 41.2. The van der Waals surface area contributed by atoms with Gasteiger partial charge in [0.2, 0.25) is 5.95 Å². The Hall–Kier alpha value is -11.6. The van der Waals surface area contributed by atoms with Crippen LogP contribution in [0, 0.1) is 0 Å². The third-order valence-corrected chi connectivity index (χ3v) is 16.7. The van der Waals surface area contributed by atoms with Crippen molar-refractivity contribution in [2.75, 3.05) is 0 Å². The number of fused-ring (bicyclic) bond motifs is 15. The third kappa shape index (κ3) is 6.42. The van der Waals surface area contributed by atoms with Gasteiger partial charge in [0.25, 0.3) is 0 Å². The number of para-hydroxylation sites is 6. The molecule has 12 heteroatoms. The first-order valence-corrected chi connectivity index (χ1v) is 27.6. The molecule has 0 spiro atoms. The fraction of sp³-hybridized carbons (Fsp3) is 0. The largest absolute Gasteiger partial charge is 0.308 e. The molecule has 18 rings (SSSR count).